The van der Waals surface area contributed by atoms with E-state index in [9.17, 15) is 4.79 Å². The van der Waals surface area contributed by atoms with Crippen LogP contribution in [0.15, 0.2) is 61.2 Å². The van der Waals surface area contributed by atoms with E-state index in [4.69, 9.17) is 0 Å². The molecule has 102 valence electrons. The van der Waals surface area contributed by atoms with Crippen LogP contribution in [0.25, 0.3) is 10.8 Å². The molecule has 0 saturated heterocycles. The molecule has 2 aromatic carbocycles. The molecule has 0 saturated carbocycles. The molecule has 20 heavy (non-hydrogen) atoms. The summed E-state index contributed by atoms with van der Waals surface area (Å²) in [5.74, 6) is 0.127. The maximum absolute atomic E-state index is 12.2. The van der Waals surface area contributed by atoms with Gasteiger partial charge in [0.15, 0.2) is 6.54 Å². The fraction of sp³-hybridized carbons (Fsp3) is 0.125. The summed E-state index contributed by atoms with van der Waals surface area (Å²) in [7, 11) is 1.94. The number of hydrogen-bond donors (Lipinski definition) is 0. The molecule has 0 atom stereocenters. The summed E-state index contributed by atoms with van der Waals surface area (Å²) >= 11 is 0. The number of nitrogens with zero attached hydrogens (tertiary/aromatic N) is 2. The lowest BCUT2D eigenvalue weighted by molar-refractivity contribution is -0.671. The number of ketones is 1. The summed E-state index contributed by atoms with van der Waals surface area (Å²) in [6, 6.07) is 13.9. The molecule has 0 fully saturated rings. The molecule has 0 amide bonds. The molecular formula is C16H15BrN2O. The molecule has 3 rings (SSSR count). The molecule has 0 aliphatic heterocycles. The monoisotopic (exact) mass is 330 g/mol. The highest BCUT2D eigenvalue weighted by Crippen LogP contribution is 2.16. The van der Waals surface area contributed by atoms with E-state index >= 15 is 0 Å². The minimum atomic E-state index is 0. The predicted octanol–water partition coefficient (Wildman–Crippen LogP) is -0.647. The summed E-state index contributed by atoms with van der Waals surface area (Å²) in [5, 5.41) is 2.26. The Hall–Kier alpha value is -1.94. The van der Waals surface area contributed by atoms with Crippen molar-refractivity contribution in [3.63, 3.8) is 0 Å². The van der Waals surface area contributed by atoms with Crippen LogP contribution in [-0.2, 0) is 13.6 Å². The van der Waals surface area contributed by atoms with Crippen molar-refractivity contribution in [1.82, 2.24) is 4.57 Å². The van der Waals surface area contributed by atoms with E-state index in [2.05, 4.69) is 6.07 Å². The SMILES string of the molecule is C[n+]1ccn(CC(=O)c2ccc3ccccc3c2)c1.[Br-]. The molecule has 0 aliphatic rings. The Morgan fingerprint density at radius 3 is 2.60 bits per heavy atom. The Bertz CT molecular complexity index is 749. The first-order chi connectivity index (χ1) is 9.22. The lowest BCUT2D eigenvalue weighted by Gasteiger charge is -2.01. The molecule has 0 N–H and O–H groups in total. The van der Waals surface area contributed by atoms with Gasteiger partial charge >= 0.3 is 0 Å². The first-order valence-corrected chi connectivity index (χ1v) is 6.25. The summed E-state index contributed by atoms with van der Waals surface area (Å²) in [4.78, 5) is 12.2. The molecule has 1 aromatic heterocycles. The van der Waals surface area contributed by atoms with Gasteiger partial charge in [-0.25, -0.2) is 9.13 Å². The zero-order valence-corrected chi connectivity index (χ0v) is 12.7. The third kappa shape index (κ3) is 2.96. The van der Waals surface area contributed by atoms with E-state index in [0.717, 1.165) is 16.3 Å². The van der Waals surface area contributed by atoms with Crippen molar-refractivity contribution in [3.8, 4) is 0 Å². The number of halogens is 1. The molecule has 4 heteroatoms. The second kappa shape index (κ2) is 6.01. The topological polar surface area (TPSA) is 25.9 Å². The quantitative estimate of drug-likeness (QED) is 0.463. The summed E-state index contributed by atoms with van der Waals surface area (Å²) in [5.41, 5.74) is 0.759. The third-order valence-corrected chi connectivity index (χ3v) is 3.22. The Kier molecular flexibility index (Phi) is 4.35. The summed E-state index contributed by atoms with van der Waals surface area (Å²) < 4.78 is 3.81. The summed E-state index contributed by atoms with van der Waals surface area (Å²) in [6.45, 7) is 0.374. The highest BCUT2D eigenvalue weighted by Gasteiger charge is 2.11. The minimum absolute atomic E-state index is 0. The molecule has 0 bridgehead atoms. The second-order valence-electron chi connectivity index (χ2n) is 4.74. The molecule has 0 aliphatic carbocycles. The highest BCUT2D eigenvalue weighted by atomic mass is 79.9. The fourth-order valence-electron chi connectivity index (χ4n) is 2.22. The average molecular weight is 331 g/mol. The Morgan fingerprint density at radius 1 is 1.15 bits per heavy atom. The van der Waals surface area contributed by atoms with Gasteiger partial charge in [0.2, 0.25) is 12.1 Å². The van der Waals surface area contributed by atoms with E-state index in [-0.39, 0.29) is 22.8 Å². The van der Waals surface area contributed by atoms with Crippen LogP contribution in [-0.4, -0.2) is 10.4 Å². The van der Waals surface area contributed by atoms with Gasteiger partial charge in [-0.1, -0.05) is 36.4 Å². The van der Waals surface area contributed by atoms with Gasteiger partial charge in [-0.15, -0.1) is 0 Å². The average Bonchev–Trinajstić information content (AvgIpc) is 2.83. The number of fused-ring (bicyclic) bond motifs is 1. The van der Waals surface area contributed by atoms with Crippen LogP contribution in [0, 0.1) is 0 Å². The largest absolute Gasteiger partial charge is 1.00 e. The molecule has 3 nitrogen and oxygen atoms in total. The second-order valence-corrected chi connectivity index (χ2v) is 4.74. The molecule has 3 aromatic rings. The number of imidazole rings is 1. The van der Waals surface area contributed by atoms with Crippen LogP contribution in [0.5, 0.6) is 0 Å². The van der Waals surface area contributed by atoms with Crippen molar-refractivity contribution in [1.29, 1.82) is 0 Å². The van der Waals surface area contributed by atoms with Crippen molar-refractivity contribution in [2.45, 2.75) is 6.54 Å². The van der Waals surface area contributed by atoms with Gasteiger partial charge in [-0.2, -0.15) is 0 Å². The number of benzene rings is 2. The number of carbonyl (C=O) groups excluding carboxylic acids is 1. The normalized spacial score (nSPS) is 10.2. The Morgan fingerprint density at radius 2 is 1.90 bits per heavy atom. The van der Waals surface area contributed by atoms with Crippen LogP contribution >= 0.6 is 0 Å². The van der Waals surface area contributed by atoms with Crippen LogP contribution in [0.3, 0.4) is 0 Å². The first-order valence-electron chi connectivity index (χ1n) is 6.25. The van der Waals surface area contributed by atoms with Gasteiger partial charge in [0.05, 0.1) is 7.05 Å². The molecule has 0 spiro atoms. The van der Waals surface area contributed by atoms with Gasteiger partial charge in [-0.3, -0.25) is 4.79 Å². The van der Waals surface area contributed by atoms with Crippen LogP contribution < -0.4 is 21.5 Å². The molecule has 0 unspecified atom stereocenters. The Labute approximate surface area is 128 Å². The highest BCUT2D eigenvalue weighted by molar-refractivity contribution is 5.99. The van der Waals surface area contributed by atoms with Gasteiger partial charge in [-0.05, 0) is 16.8 Å². The maximum atomic E-state index is 12.2. The fourth-order valence-corrected chi connectivity index (χ4v) is 2.22. The van der Waals surface area contributed by atoms with E-state index in [0.29, 0.717) is 6.54 Å². The van der Waals surface area contributed by atoms with Crippen molar-refractivity contribution < 1.29 is 26.3 Å². The van der Waals surface area contributed by atoms with Crippen LogP contribution in [0.1, 0.15) is 10.4 Å². The van der Waals surface area contributed by atoms with Gasteiger partial charge in [0.25, 0.3) is 0 Å². The van der Waals surface area contributed by atoms with Crippen molar-refractivity contribution >= 4 is 16.6 Å². The van der Waals surface area contributed by atoms with E-state index in [1.165, 1.54) is 0 Å². The zero-order valence-electron chi connectivity index (χ0n) is 11.2. The van der Waals surface area contributed by atoms with E-state index in [1.54, 1.807) is 0 Å². The Balaban J connectivity index is 0.00000147. The maximum Gasteiger partial charge on any atom is 0.243 e. The minimum Gasteiger partial charge on any atom is -1.00 e. The lowest BCUT2D eigenvalue weighted by atomic mass is 10.0. The van der Waals surface area contributed by atoms with Gasteiger partial charge in [0.1, 0.15) is 12.4 Å². The molecular weight excluding hydrogens is 316 g/mol. The number of aromatic nitrogens is 2. The smallest absolute Gasteiger partial charge is 0.243 e. The van der Waals surface area contributed by atoms with Gasteiger partial charge < -0.3 is 17.0 Å². The van der Waals surface area contributed by atoms with Crippen molar-refractivity contribution in [2.75, 3.05) is 0 Å². The number of carbonyl (C=O) groups is 1. The number of aryl methyl sites for hydroxylation is 1. The molecule has 0 radical (unpaired) electrons. The number of rotatable bonds is 3. The zero-order chi connectivity index (χ0) is 13.2. The van der Waals surface area contributed by atoms with Crippen molar-refractivity contribution in [3.05, 3.63) is 66.7 Å². The number of Topliss-reactive ketones (excluding diaryl/α,β-unsaturated/α-hetero) is 1. The standard InChI is InChI=1S/C16H15N2O.BrH/c1-17-8-9-18(12-17)11-16(19)15-7-6-13-4-2-3-5-14(13)10-15;/h2-10,12H,11H2,1H3;1H/q+1;/p-1. The van der Waals surface area contributed by atoms with Crippen LogP contribution in [0.2, 0.25) is 0 Å². The van der Waals surface area contributed by atoms with Crippen LogP contribution in [0.4, 0.5) is 0 Å². The van der Waals surface area contributed by atoms with Crippen molar-refractivity contribution in [2.24, 2.45) is 7.05 Å². The molecule has 1 heterocycles. The summed E-state index contributed by atoms with van der Waals surface area (Å²) in [6.07, 6.45) is 5.73. The van der Waals surface area contributed by atoms with Gasteiger partial charge in [0, 0.05) is 5.56 Å². The van der Waals surface area contributed by atoms with E-state index < -0.39 is 0 Å². The number of hydrogen-bond acceptors (Lipinski definition) is 1. The predicted molar refractivity (Wildman–Crippen MR) is 73.9 cm³/mol. The third-order valence-electron chi connectivity index (χ3n) is 3.22. The van der Waals surface area contributed by atoms with E-state index in [1.807, 2.05) is 71.3 Å². The first kappa shape index (κ1) is 14.5. The lowest BCUT2D eigenvalue weighted by Crippen LogP contribution is -3.00.